The predicted molar refractivity (Wildman–Crippen MR) is 126 cm³/mol. The summed E-state index contributed by atoms with van der Waals surface area (Å²) in [5.41, 5.74) is 3.19. The fourth-order valence-electron chi connectivity index (χ4n) is 3.99. The molecule has 1 aliphatic heterocycles. The average Bonchev–Trinajstić information content (AvgIpc) is 3.39. The molecule has 170 valence electrons. The van der Waals surface area contributed by atoms with Crippen molar-refractivity contribution in [2.75, 3.05) is 23.7 Å². The van der Waals surface area contributed by atoms with Crippen molar-refractivity contribution in [1.82, 2.24) is 4.90 Å². The van der Waals surface area contributed by atoms with Crippen LogP contribution in [-0.2, 0) is 11.2 Å². The first-order valence-corrected chi connectivity index (χ1v) is 11.2. The van der Waals surface area contributed by atoms with E-state index in [-0.39, 0.29) is 23.6 Å². The number of nitrogens with zero attached hydrogens (tertiary/aromatic N) is 1. The van der Waals surface area contributed by atoms with Gasteiger partial charge in [-0.1, -0.05) is 31.2 Å². The molecule has 4 rings (SSSR count). The van der Waals surface area contributed by atoms with Crippen molar-refractivity contribution in [1.29, 1.82) is 0 Å². The van der Waals surface area contributed by atoms with Crippen molar-refractivity contribution in [2.45, 2.75) is 26.2 Å². The zero-order valence-electron chi connectivity index (χ0n) is 18.5. The van der Waals surface area contributed by atoms with E-state index in [2.05, 4.69) is 17.6 Å². The third-order valence-electron chi connectivity index (χ3n) is 5.90. The quantitative estimate of drug-likeness (QED) is 0.581. The van der Waals surface area contributed by atoms with Gasteiger partial charge in [0.1, 0.15) is 6.26 Å². The molecule has 1 aliphatic rings. The van der Waals surface area contributed by atoms with Crippen LogP contribution in [0.1, 0.15) is 46.0 Å². The molecule has 0 spiro atoms. The second-order valence-corrected chi connectivity index (χ2v) is 8.14. The minimum Gasteiger partial charge on any atom is -0.472 e. The zero-order valence-corrected chi connectivity index (χ0v) is 18.5. The molecule has 0 saturated carbocycles. The third kappa shape index (κ3) is 5.31. The molecule has 0 radical (unpaired) electrons. The minimum atomic E-state index is -0.354. The van der Waals surface area contributed by atoms with Crippen LogP contribution in [-0.4, -0.2) is 35.7 Å². The van der Waals surface area contributed by atoms with Crippen LogP contribution in [0.2, 0.25) is 0 Å². The summed E-state index contributed by atoms with van der Waals surface area (Å²) in [6.07, 6.45) is 5.21. The number of nitrogens with one attached hydrogen (secondary N) is 2. The van der Waals surface area contributed by atoms with Crippen molar-refractivity contribution in [3.05, 3.63) is 83.8 Å². The number of anilines is 2. The van der Waals surface area contributed by atoms with Crippen LogP contribution in [0, 0.1) is 5.92 Å². The van der Waals surface area contributed by atoms with E-state index in [1.54, 1.807) is 35.2 Å². The van der Waals surface area contributed by atoms with Gasteiger partial charge >= 0.3 is 0 Å². The lowest BCUT2D eigenvalue weighted by atomic mass is 9.96. The van der Waals surface area contributed by atoms with Crippen LogP contribution < -0.4 is 10.6 Å². The number of hydrogen-bond donors (Lipinski definition) is 2. The number of carbonyl (C=O) groups excluding carboxylic acids is 3. The van der Waals surface area contributed by atoms with Gasteiger partial charge < -0.3 is 20.0 Å². The number of piperidine rings is 1. The van der Waals surface area contributed by atoms with E-state index in [9.17, 15) is 14.4 Å². The number of hydrogen-bond acceptors (Lipinski definition) is 4. The van der Waals surface area contributed by atoms with Gasteiger partial charge in [0.2, 0.25) is 5.91 Å². The van der Waals surface area contributed by atoms with Crippen LogP contribution in [0.3, 0.4) is 0 Å². The number of carbonyl (C=O) groups is 3. The lowest BCUT2D eigenvalue weighted by Gasteiger charge is -2.32. The molecule has 3 aromatic rings. The Morgan fingerprint density at radius 1 is 1.03 bits per heavy atom. The maximum absolute atomic E-state index is 13.0. The van der Waals surface area contributed by atoms with Crippen LogP contribution in [0.5, 0.6) is 0 Å². The van der Waals surface area contributed by atoms with Crippen LogP contribution in [0.15, 0.2) is 71.5 Å². The lowest BCUT2D eigenvalue weighted by molar-refractivity contribution is -0.121. The van der Waals surface area contributed by atoms with Crippen molar-refractivity contribution in [2.24, 2.45) is 5.92 Å². The molecular weight excluding hydrogens is 418 g/mol. The molecule has 7 nitrogen and oxygen atoms in total. The molecule has 33 heavy (non-hydrogen) atoms. The number of furan rings is 1. The Labute approximate surface area is 192 Å². The maximum atomic E-state index is 13.0. The van der Waals surface area contributed by atoms with E-state index < -0.39 is 0 Å². The van der Waals surface area contributed by atoms with Crippen molar-refractivity contribution >= 4 is 29.1 Å². The molecule has 0 aliphatic carbocycles. The molecule has 2 heterocycles. The molecule has 1 unspecified atom stereocenters. The Hall–Kier alpha value is -3.87. The summed E-state index contributed by atoms with van der Waals surface area (Å²) >= 11 is 0. The number of aryl methyl sites for hydroxylation is 1. The first-order valence-electron chi connectivity index (χ1n) is 11.2. The number of likely N-dealkylation sites (tertiary alicyclic amines) is 1. The molecule has 2 aromatic carbocycles. The predicted octanol–water partition coefficient (Wildman–Crippen LogP) is 4.59. The number of benzene rings is 2. The molecular formula is C26H27N3O4. The molecule has 7 heteroatoms. The highest BCUT2D eigenvalue weighted by atomic mass is 16.3. The highest BCUT2D eigenvalue weighted by Gasteiger charge is 2.30. The summed E-state index contributed by atoms with van der Waals surface area (Å²) < 4.78 is 5.00. The van der Waals surface area contributed by atoms with Crippen molar-refractivity contribution in [3.63, 3.8) is 0 Å². The monoisotopic (exact) mass is 445 g/mol. The van der Waals surface area contributed by atoms with Gasteiger partial charge in [0.05, 0.1) is 29.0 Å². The topological polar surface area (TPSA) is 91.7 Å². The first kappa shape index (κ1) is 22.3. The van der Waals surface area contributed by atoms with Gasteiger partial charge in [0.25, 0.3) is 11.8 Å². The Bertz CT molecular complexity index is 1120. The van der Waals surface area contributed by atoms with Crippen LogP contribution in [0.4, 0.5) is 11.4 Å². The van der Waals surface area contributed by atoms with E-state index in [1.807, 2.05) is 24.3 Å². The Morgan fingerprint density at radius 2 is 1.82 bits per heavy atom. The third-order valence-corrected chi connectivity index (χ3v) is 5.90. The number of para-hydroxylation sites is 1. The van der Waals surface area contributed by atoms with Gasteiger partial charge in [0, 0.05) is 18.8 Å². The summed E-state index contributed by atoms with van der Waals surface area (Å²) in [5, 5.41) is 5.79. The van der Waals surface area contributed by atoms with Gasteiger partial charge in [-0.25, -0.2) is 0 Å². The highest BCUT2D eigenvalue weighted by Crippen LogP contribution is 2.23. The fourth-order valence-corrected chi connectivity index (χ4v) is 3.99. The van der Waals surface area contributed by atoms with Crippen molar-refractivity contribution in [3.8, 4) is 0 Å². The Kier molecular flexibility index (Phi) is 6.88. The molecule has 1 aromatic heterocycles. The van der Waals surface area contributed by atoms with Gasteiger partial charge in [-0.2, -0.15) is 0 Å². The second kappa shape index (κ2) is 10.2. The first-order chi connectivity index (χ1) is 16.0. The molecule has 0 bridgehead atoms. The van der Waals surface area contributed by atoms with Crippen molar-refractivity contribution < 1.29 is 18.8 Å². The molecule has 1 saturated heterocycles. The lowest BCUT2D eigenvalue weighted by Crippen LogP contribution is -2.43. The van der Waals surface area contributed by atoms with Crippen LogP contribution in [0.25, 0.3) is 0 Å². The highest BCUT2D eigenvalue weighted by molar-refractivity contribution is 6.10. The standard InChI is InChI=1S/C26H27N3O4/c1-2-18-9-11-21(12-10-18)27-25(31)22-7-3-4-8-23(22)28-24(30)19-6-5-14-29(16-19)26(32)20-13-15-33-17-20/h3-4,7-13,15,17,19H,2,5-6,14,16H2,1H3,(H,27,31)(H,28,30). The summed E-state index contributed by atoms with van der Waals surface area (Å²) in [4.78, 5) is 40.2. The Balaban J connectivity index is 1.42. The smallest absolute Gasteiger partial charge is 0.257 e. The SMILES string of the molecule is CCc1ccc(NC(=O)c2ccccc2NC(=O)C2CCCN(C(=O)c3ccoc3)C2)cc1. The molecule has 1 atom stereocenters. The zero-order chi connectivity index (χ0) is 23.2. The summed E-state index contributed by atoms with van der Waals surface area (Å²) in [7, 11) is 0. The van der Waals surface area contributed by atoms with Crippen LogP contribution >= 0.6 is 0 Å². The second-order valence-electron chi connectivity index (χ2n) is 8.14. The molecule has 3 amide bonds. The Morgan fingerprint density at radius 3 is 2.55 bits per heavy atom. The molecule has 2 N–H and O–H groups in total. The number of rotatable bonds is 6. The average molecular weight is 446 g/mol. The summed E-state index contributed by atoms with van der Waals surface area (Å²) in [5.74, 6) is -0.995. The van der Waals surface area contributed by atoms with Gasteiger partial charge in [-0.3, -0.25) is 14.4 Å². The van der Waals surface area contributed by atoms with Gasteiger partial charge in [-0.05, 0) is 55.2 Å². The van der Waals surface area contributed by atoms with E-state index in [1.165, 1.54) is 18.1 Å². The van der Waals surface area contributed by atoms with E-state index in [0.29, 0.717) is 42.0 Å². The normalized spacial score (nSPS) is 15.7. The molecule has 1 fully saturated rings. The largest absolute Gasteiger partial charge is 0.472 e. The van der Waals surface area contributed by atoms with E-state index in [0.717, 1.165) is 12.8 Å². The fraction of sp³-hybridized carbons (Fsp3) is 0.269. The summed E-state index contributed by atoms with van der Waals surface area (Å²) in [6, 6.07) is 16.2. The minimum absolute atomic E-state index is 0.143. The maximum Gasteiger partial charge on any atom is 0.257 e. The van der Waals surface area contributed by atoms with E-state index >= 15 is 0 Å². The van der Waals surface area contributed by atoms with Gasteiger partial charge in [-0.15, -0.1) is 0 Å². The number of amides is 3. The summed E-state index contributed by atoms with van der Waals surface area (Å²) in [6.45, 7) is 3.00. The van der Waals surface area contributed by atoms with Gasteiger partial charge in [0.15, 0.2) is 0 Å². The van der Waals surface area contributed by atoms with E-state index in [4.69, 9.17) is 4.42 Å².